The highest BCUT2D eigenvalue weighted by molar-refractivity contribution is 6.35. The summed E-state index contributed by atoms with van der Waals surface area (Å²) in [6, 6.07) is 19.9. The fourth-order valence-corrected chi connectivity index (χ4v) is 3.91. The molecule has 1 atom stereocenters. The molecule has 31 heavy (non-hydrogen) atoms. The van der Waals surface area contributed by atoms with Gasteiger partial charge in [-0.25, -0.2) is 0 Å². The molecule has 4 rings (SSSR count). The molecule has 0 saturated heterocycles. The summed E-state index contributed by atoms with van der Waals surface area (Å²) in [5, 5.41) is 5.47. The third kappa shape index (κ3) is 5.22. The first-order valence-corrected chi connectivity index (χ1v) is 10.6. The highest BCUT2D eigenvalue weighted by Crippen LogP contribution is 2.27. The quantitative estimate of drug-likeness (QED) is 0.605. The summed E-state index contributed by atoms with van der Waals surface area (Å²) in [7, 11) is 0. The maximum Gasteiger partial charge on any atom is 0.309 e. The van der Waals surface area contributed by atoms with E-state index >= 15 is 0 Å². The molecule has 0 fully saturated rings. The Balaban J connectivity index is 1.36. The predicted molar refractivity (Wildman–Crippen MR) is 118 cm³/mol. The zero-order chi connectivity index (χ0) is 21.6. The van der Waals surface area contributed by atoms with Gasteiger partial charge in [-0.2, -0.15) is 0 Å². The Morgan fingerprint density at radius 2 is 1.71 bits per heavy atom. The van der Waals surface area contributed by atoms with E-state index in [0.717, 1.165) is 36.4 Å². The van der Waals surface area contributed by atoms with Gasteiger partial charge in [-0.3, -0.25) is 14.5 Å². The maximum atomic E-state index is 12.4. The standard InChI is InChI=1S/C25H27N3O3/c1-18-8-10-19(11-9-18)15-26-24(29)25(30)27-16-22(23-7-4-14-31-23)28-13-12-20-5-2-3-6-21(20)17-28/h2-11,14,22H,12-13,15-17H2,1H3,(H,26,29)(H,27,30)/t22-/m0/s1. The number of carbonyl (C=O) groups is 2. The summed E-state index contributed by atoms with van der Waals surface area (Å²) in [5.41, 5.74) is 4.74. The monoisotopic (exact) mass is 417 g/mol. The molecule has 0 radical (unpaired) electrons. The van der Waals surface area contributed by atoms with Gasteiger partial charge in [0.1, 0.15) is 5.76 Å². The van der Waals surface area contributed by atoms with Crippen molar-refractivity contribution in [1.82, 2.24) is 15.5 Å². The second kappa shape index (κ2) is 9.62. The van der Waals surface area contributed by atoms with Crippen LogP contribution in [0.1, 0.15) is 34.1 Å². The summed E-state index contributed by atoms with van der Waals surface area (Å²) >= 11 is 0. The first-order chi connectivity index (χ1) is 15.1. The molecule has 6 nitrogen and oxygen atoms in total. The number of nitrogens with one attached hydrogen (secondary N) is 2. The van der Waals surface area contributed by atoms with Crippen LogP contribution in [0, 0.1) is 6.92 Å². The van der Waals surface area contributed by atoms with Gasteiger partial charge < -0.3 is 15.1 Å². The number of benzene rings is 2. The zero-order valence-corrected chi connectivity index (χ0v) is 17.6. The fraction of sp³-hybridized carbons (Fsp3) is 0.280. The van der Waals surface area contributed by atoms with Gasteiger partial charge in [0.25, 0.3) is 0 Å². The summed E-state index contributed by atoms with van der Waals surface area (Å²) in [4.78, 5) is 26.9. The lowest BCUT2D eigenvalue weighted by Crippen LogP contribution is -2.45. The molecule has 160 valence electrons. The highest BCUT2D eigenvalue weighted by atomic mass is 16.3. The molecule has 2 heterocycles. The second-order valence-electron chi connectivity index (χ2n) is 7.90. The van der Waals surface area contributed by atoms with Crippen LogP contribution in [-0.2, 0) is 29.1 Å². The lowest BCUT2D eigenvalue weighted by atomic mass is 9.98. The number of amides is 2. The van der Waals surface area contributed by atoms with E-state index in [-0.39, 0.29) is 6.04 Å². The minimum atomic E-state index is -0.638. The maximum absolute atomic E-state index is 12.4. The Morgan fingerprint density at radius 3 is 2.45 bits per heavy atom. The predicted octanol–water partition coefficient (Wildman–Crippen LogP) is 3.12. The van der Waals surface area contributed by atoms with Crippen LogP contribution in [0.15, 0.2) is 71.3 Å². The van der Waals surface area contributed by atoms with Gasteiger partial charge in [0.2, 0.25) is 0 Å². The molecule has 0 aliphatic carbocycles. The largest absolute Gasteiger partial charge is 0.468 e. The summed E-state index contributed by atoms with van der Waals surface area (Å²) in [6.07, 6.45) is 2.58. The Hall–Kier alpha value is -3.38. The van der Waals surface area contributed by atoms with Crippen molar-refractivity contribution in [2.24, 2.45) is 0 Å². The van der Waals surface area contributed by atoms with Crippen molar-refractivity contribution in [2.45, 2.75) is 32.5 Å². The molecule has 6 heteroatoms. The van der Waals surface area contributed by atoms with Crippen LogP contribution in [0.4, 0.5) is 0 Å². The summed E-state index contributed by atoms with van der Waals surface area (Å²) < 4.78 is 5.65. The van der Waals surface area contributed by atoms with Gasteiger partial charge in [0, 0.05) is 26.2 Å². The smallest absolute Gasteiger partial charge is 0.309 e. The molecule has 2 aromatic carbocycles. The zero-order valence-electron chi connectivity index (χ0n) is 17.6. The molecule has 0 spiro atoms. The van der Waals surface area contributed by atoms with Crippen LogP contribution in [0.5, 0.6) is 0 Å². The minimum absolute atomic E-state index is 0.141. The van der Waals surface area contributed by atoms with Crippen LogP contribution in [0.2, 0.25) is 0 Å². The molecule has 0 saturated carbocycles. The van der Waals surface area contributed by atoms with Crippen LogP contribution >= 0.6 is 0 Å². The minimum Gasteiger partial charge on any atom is -0.468 e. The molecule has 0 unspecified atom stereocenters. The lowest BCUT2D eigenvalue weighted by Gasteiger charge is -2.34. The second-order valence-corrected chi connectivity index (χ2v) is 7.90. The third-order valence-corrected chi connectivity index (χ3v) is 5.71. The Morgan fingerprint density at radius 1 is 0.968 bits per heavy atom. The van der Waals surface area contributed by atoms with Crippen LogP contribution in [-0.4, -0.2) is 29.8 Å². The van der Waals surface area contributed by atoms with Crippen molar-refractivity contribution in [3.63, 3.8) is 0 Å². The van der Waals surface area contributed by atoms with Crippen molar-refractivity contribution in [3.05, 3.63) is 94.9 Å². The first kappa shape index (κ1) is 20.9. The fourth-order valence-electron chi connectivity index (χ4n) is 3.91. The van der Waals surface area contributed by atoms with Gasteiger partial charge in [-0.1, -0.05) is 54.1 Å². The molecular weight excluding hydrogens is 390 g/mol. The summed E-state index contributed by atoms with van der Waals surface area (Å²) in [6.45, 7) is 4.25. The number of nitrogens with zero attached hydrogens (tertiary/aromatic N) is 1. The molecule has 1 aliphatic heterocycles. The van der Waals surface area contributed by atoms with Gasteiger partial charge in [0.05, 0.1) is 12.3 Å². The molecule has 2 amide bonds. The van der Waals surface area contributed by atoms with Gasteiger partial charge in [0.15, 0.2) is 0 Å². The molecule has 0 bridgehead atoms. The number of rotatable bonds is 6. The SMILES string of the molecule is Cc1ccc(CNC(=O)C(=O)NC[C@@H](c2ccco2)N2CCc3ccccc3C2)cc1. The molecule has 1 aliphatic rings. The number of furan rings is 1. The summed E-state index contributed by atoms with van der Waals surface area (Å²) in [5.74, 6) is -0.497. The average molecular weight is 418 g/mol. The van der Waals surface area contributed by atoms with Crippen LogP contribution in [0.25, 0.3) is 0 Å². The van der Waals surface area contributed by atoms with E-state index in [4.69, 9.17) is 4.42 Å². The number of aryl methyl sites for hydroxylation is 1. The number of hydrogen-bond donors (Lipinski definition) is 2. The number of carbonyl (C=O) groups excluding carboxylic acids is 2. The first-order valence-electron chi connectivity index (χ1n) is 10.6. The van der Waals surface area contributed by atoms with E-state index in [2.05, 4.69) is 33.7 Å². The topological polar surface area (TPSA) is 74.6 Å². The van der Waals surface area contributed by atoms with Gasteiger partial charge in [-0.15, -0.1) is 0 Å². The van der Waals surface area contributed by atoms with Crippen molar-refractivity contribution in [1.29, 1.82) is 0 Å². The molecular formula is C25H27N3O3. The van der Waals surface area contributed by atoms with E-state index in [1.807, 2.05) is 49.4 Å². The normalized spacial score (nSPS) is 14.5. The van der Waals surface area contributed by atoms with E-state index in [1.165, 1.54) is 11.1 Å². The third-order valence-electron chi connectivity index (χ3n) is 5.71. The van der Waals surface area contributed by atoms with Crippen molar-refractivity contribution >= 4 is 11.8 Å². The average Bonchev–Trinajstić information content (AvgIpc) is 3.33. The Kier molecular flexibility index (Phi) is 6.48. The van der Waals surface area contributed by atoms with Crippen molar-refractivity contribution < 1.29 is 14.0 Å². The lowest BCUT2D eigenvalue weighted by molar-refractivity contribution is -0.139. The van der Waals surface area contributed by atoms with Crippen LogP contribution < -0.4 is 10.6 Å². The van der Waals surface area contributed by atoms with Crippen LogP contribution in [0.3, 0.4) is 0 Å². The molecule has 3 aromatic rings. The van der Waals surface area contributed by atoms with Gasteiger partial charge >= 0.3 is 11.8 Å². The van der Waals surface area contributed by atoms with E-state index in [9.17, 15) is 9.59 Å². The molecule has 1 aromatic heterocycles. The Labute approximate surface area is 182 Å². The van der Waals surface area contributed by atoms with E-state index < -0.39 is 11.8 Å². The van der Waals surface area contributed by atoms with E-state index in [1.54, 1.807) is 6.26 Å². The number of hydrogen-bond acceptors (Lipinski definition) is 4. The highest BCUT2D eigenvalue weighted by Gasteiger charge is 2.27. The molecule has 2 N–H and O–H groups in total. The number of fused-ring (bicyclic) bond motifs is 1. The van der Waals surface area contributed by atoms with E-state index in [0.29, 0.717) is 13.1 Å². The Bertz CT molecular complexity index is 1030. The van der Waals surface area contributed by atoms with Gasteiger partial charge in [-0.05, 0) is 42.2 Å². The van der Waals surface area contributed by atoms with Crippen molar-refractivity contribution in [3.8, 4) is 0 Å². The van der Waals surface area contributed by atoms with Crippen molar-refractivity contribution in [2.75, 3.05) is 13.1 Å².